The van der Waals surface area contributed by atoms with Gasteiger partial charge in [0.25, 0.3) is 5.91 Å². The van der Waals surface area contributed by atoms with Gasteiger partial charge in [0.2, 0.25) is 0 Å². The molecule has 1 aromatic heterocycles. The zero-order valence-corrected chi connectivity index (χ0v) is 12.7. The normalized spacial score (nSPS) is 10.0. The quantitative estimate of drug-likeness (QED) is 0.853. The van der Waals surface area contributed by atoms with Gasteiger partial charge in [-0.15, -0.1) is 11.3 Å². The van der Waals surface area contributed by atoms with Crippen molar-refractivity contribution in [2.45, 2.75) is 6.54 Å². The Morgan fingerprint density at radius 2 is 1.81 bits per heavy atom. The second-order valence-corrected chi connectivity index (χ2v) is 5.23. The molecule has 0 fully saturated rings. The number of benzene rings is 1. The van der Waals surface area contributed by atoms with Gasteiger partial charge in [0.15, 0.2) is 6.61 Å². The first-order chi connectivity index (χ1) is 10.2. The van der Waals surface area contributed by atoms with Gasteiger partial charge in [0.1, 0.15) is 17.2 Å². The van der Waals surface area contributed by atoms with E-state index >= 15 is 0 Å². The highest BCUT2D eigenvalue weighted by atomic mass is 32.1. The lowest BCUT2D eigenvalue weighted by molar-refractivity contribution is -0.123. The van der Waals surface area contributed by atoms with Crippen molar-refractivity contribution in [1.29, 1.82) is 0 Å². The van der Waals surface area contributed by atoms with Crippen LogP contribution < -0.4 is 19.5 Å². The van der Waals surface area contributed by atoms with Crippen molar-refractivity contribution in [3.05, 3.63) is 40.6 Å². The second kappa shape index (κ2) is 7.54. The van der Waals surface area contributed by atoms with Crippen LogP contribution in [0.25, 0.3) is 0 Å². The first-order valence-corrected chi connectivity index (χ1v) is 7.24. The van der Waals surface area contributed by atoms with Crippen LogP contribution in [0.5, 0.6) is 17.2 Å². The summed E-state index contributed by atoms with van der Waals surface area (Å²) in [5.41, 5.74) is 0. The van der Waals surface area contributed by atoms with Gasteiger partial charge >= 0.3 is 0 Å². The van der Waals surface area contributed by atoms with E-state index in [2.05, 4.69) is 5.32 Å². The van der Waals surface area contributed by atoms with Crippen LogP contribution in [-0.4, -0.2) is 26.7 Å². The van der Waals surface area contributed by atoms with E-state index in [0.717, 1.165) is 4.88 Å². The molecule has 0 saturated carbocycles. The van der Waals surface area contributed by atoms with Crippen LogP contribution in [0.15, 0.2) is 35.7 Å². The van der Waals surface area contributed by atoms with E-state index in [1.54, 1.807) is 43.8 Å². The second-order valence-electron chi connectivity index (χ2n) is 4.19. The Kier molecular flexibility index (Phi) is 5.45. The maximum atomic E-state index is 11.7. The Balaban J connectivity index is 1.85. The summed E-state index contributed by atoms with van der Waals surface area (Å²) >= 11 is 1.60. The minimum Gasteiger partial charge on any atom is -0.496 e. The molecular weight excluding hydrogens is 290 g/mol. The average molecular weight is 307 g/mol. The third-order valence-corrected chi connectivity index (χ3v) is 3.61. The van der Waals surface area contributed by atoms with Crippen molar-refractivity contribution in [2.24, 2.45) is 0 Å². The number of methoxy groups -OCH3 is 2. The van der Waals surface area contributed by atoms with E-state index in [4.69, 9.17) is 14.2 Å². The molecule has 0 saturated heterocycles. The largest absolute Gasteiger partial charge is 0.496 e. The first kappa shape index (κ1) is 15.2. The molecule has 0 aliphatic rings. The highest BCUT2D eigenvalue weighted by molar-refractivity contribution is 7.09. The molecule has 0 aliphatic carbocycles. The lowest BCUT2D eigenvalue weighted by Crippen LogP contribution is -2.28. The lowest BCUT2D eigenvalue weighted by atomic mass is 10.3. The van der Waals surface area contributed by atoms with Crippen molar-refractivity contribution < 1.29 is 19.0 Å². The molecular formula is C15H17NO4S. The predicted octanol–water partition coefficient (Wildman–Crippen LogP) is 2.46. The Labute approximate surface area is 127 Å². The van der Waals surface area contributed by atoms with E-state index in [9.17, 15) is 4.79 Å². The molecule has 0 bridgehead atoms. The minimum atomic E-state index is -0.176. The average Bonchev–Trinajstić information content (AvgIpc) is 3.03. The van der Waals surface area contributed by atoms with Crippen LogP contribution in [-0.2, 0) is 11.3 Å². The molecule has 0 radical (unpaired) electrons. The predicted molar refractivity (Wildman–Crippen MR) is 81.2 cm³/mol. The zero-order chi connectivity index (χ0) is 15.1. The fourth-order valence-electron chi connectivity index (χ4n) is 1.66. The topological polar surface area (TPSA) is 56.8 Å². The molecule has 21 heavy (non-hydrogen) atoms. The van der Waals surface area contributed by atoms with Gasteiger partial charge in [0.05, 0.1) is 20.8 Å². The van der Waals surface area contributed by atoms with Crippen molar-refractivity contribution in [3.63, 3.8) is 0 Å². The van der Waals surface area contributed by atoms with Gasteiger partial charge < -0.3 is 19.5 Å². The Morgan fingerprint density at radius 3 is 2.38 bits per heavy atom. The number of thiophene rings is 1. The molecule has 1 amide bonds. The summed E-state index contributed by atoms with van der Waals surface area (Å²) in [6.45, 7) is 0.461. The summed E-state index contributed by atoms with van der Waals surface area (Å²) in [6, 6.07) is 9.07. The number of nitrogens with one attached hydrogen (secondary N) is 1. The van der Waals surface area contributed by atoms with E-state index < -0.39 is 0 Å². The third kappa shape index (κ3) is 4.68. The van der Waals surface area contributed by atoms with Crippen molar-refractivity contribution in [1.82, 2.24) is 5.32 Å². The van der Waals surface area contributed by atoms with E-state index in [-0.39, 0.29) is 12.5 Å². The number of ether oxygens (including phenoxy) is 3. The van der Waals surface area contributed by atoms with E-state index in [1.807, 2.05) is 17.5 Å². The Hall–Kier alpha value is -2.21. The summed E-state index contributed by atoms with van der Waals surface area (Å²) < 4.78 is 15.7. The Morgan fingerprint density at radius 1 is 1.14 bits per heavy atom. The molecule has 6 heteroatoms. The molecule has 2 aromatic rings. The summed E-state index contributed by atoms with van der Waals surface area (Å²) in [4.78, 5) is 12.8. The van der Waals surface area contributed by atoms with Crippen LogP contribution in [0.4, 0.5) is 0 Å². The minimum absolute atomic E-state index is 0.0539. The molecule has 0 spiro atoms. The van der Waals surface area contributed by atoms with Crippen LogP contribution >= 0.6 is 11.3 Å². The lowest BCUT2D eigenvalue weighted by Gasteiger charge is -2.10. The number of hydrogen-bond donors (Lipinski definition) is 1. The first-order valence-electron chi connectivity index (χ1n) is 6.36. The van der Waals surface area contributed by atoms with Crippen LogP contribution in [0.3, 0.4) is 0 Å². The number of carbonyl (C=O) groups excluding carboxylic acids is 1. The summed E-state index contributed by atoms with van der Waals surface area (Å²) in [7, 11) is 3.12. The summed E-state index contributed by atoms with van der Waals surface area (Å²) in [6.07, 6.45) is 0. The van der Waals surface area contributed by atoms with Crippen molar-refractivity contribution in [3.8, 4) is 17.2 Å². The maximum Gasteiger partial charge on any atom is 0.258 e. The van der Waals surface area contributed by atoms with Crippen LogP contribution in [0.2, 0.25) is 0 Å². The molecule has 2 rings (SSSR count). The standard InChI is InChI=1S/C15H17NO4S/c1-18-11-6-12(19-2)8-13(7-11)20-10-15(17)16-9-14-4-3-5-21-14/h3-8H,9-10H2,1-2H3,(H,16,17). The summed E-state index contributed by atoms with van der Waals surface area (Å²) in [5.74, 6) is 1.58. The SMILES string of the molecule is COc1cc(OC)cc(OCC(=O)NCc2cccs2)c1. The fraction of sp³-hybridized carbons (Fsp3) is 0.267. The van der Waals surface area contributed by atoms with Crippen LogP contribution in [0.1, 0.15) is 4.88 Å². The molecule has 0 atom stereocenters. The highest BCUT2D eigenvalue weighted by Gasteiger charge is 2.06. The monoisotopic (exact) mass is 307 g/mol. The van der Waals surface area contributed by atoms with Gasteiger partial charge in [0, 0.05) is 23.1 Å². The molecule has 5 nitrogen and oxygen atoms in total. The van der Waals surface area contributed by atoms with E-state index in [0.29, 0.717) is 23.8 Å². The zero-order valence-electron chi connectivity index (χ0n) is 11.9. The maximum absolute atomic E-state index is 11.7. The van der Waals surface area contributed by atoms with Gasteiger partial charge in [-0.1, -0.05) is 6.07 Å². The van der Waals surface area contributed by atoms with Crippen LogP contribution in [0, 0.1) is 0 Å². The van der Waals surface area contributed by atoms with Gasteiger partial charge in [-0.2, -0.15) is 0 Å². The number of rotatable bonds is 7. The third-order valence-electron chi connectivity index (χ3n) is 2.73. The molecule has 1 N–H and O–H groups in total. The van der Waals surface area contributed by atoms with E-state index in [1.165, 1.54) is 0 Å². The number of amides is 1. The Bertz CT molecular complexity index is 561. The molecule has 0 unspecified atom stereocenters. The summed E-state index contributed by atoms with van der Waals surface area (Å²) in [5, 5.41) is 4.77. The smallest absolute Gasteiger partial charge is 0.258 e. The van der Waals surface area contributed by atoms with Crippen molar-refractivity contribution in [2.75, 3.05) is 20.8 Å². The molecule has 1 heterocycles. The fourth-order valence-corrected chi connectivity index (χ4v) is 2.31. The molecule has 112 valence electrons. The number of hydrogen-bond acceptors (Lipinski definition) is 5. The molecule has 1 aromatic carbocycles. The highest BCUT2D eigenvalue weighted by Crippen LogP contribution is 2.27. The van der Waals surface area contributed by atoms with Gasteiger partial charge in [-0.3, -0.25) is 4.79 Å². The molecule has 0 aliphatic heterocycles. The van der Waals surface area contributed by atoms with Gasteiger partial charge in [-0.05, 0) is 11.4 Å². The van der Waals surface area contributed by atoms with Crippen molar-refractivity contribution >= 4 is 17.2 Å². The van der Waals surface area contributed by atoms with Gasteiger partial charge in [-0.25, -0.2) is 0 Å². The number of carbonyl (C=O) groups is 1.